The summed E-state index contributed by atoms with van der Waals surface area (Å²) >= 11 is 0. The molecule has 2 nitrogen and oxygen atoms in total. The molecular weight excluding hydrogens is 148 g/mol. The highest BCUT2D eigenvalue weighted by atomic mass is 14.8. The third-order valence-corrected chi connectivity index (χ3v) is 3.16. The zero-order chi connectivity index (χ0) is 9.30. The minimum Gasteiger partial charge on any atom is -0.327 e. The highest BCUT2D eigenvalue weighted by Gasteiger charge is 2.30. The molecule has 0 heterocycles. The molecule has 4 N–H and O–H groups in total. The summed E-state index contributed by atoms with van der Waals surface area (Å²) in [5, 5.41) is 0. The lowest BCUT2D eigenvalue weighted by Gasteiger charge is -2.37. The van der Waals surface area contributed by atoms with Crippen molar-refractivity contribution in [2.45, 2.75) is 38.8 Å². The van der Waals surface area contributed by atoms with E-state index < -0.39 is 0 Å². The summed E-state index contributed by atoms with van der Waals surface area (Å²) < 4.78 is 0. The first-order chi connectivity index (χ1) is 5.52. The number of nitrogens with two attached hydrogens (primary N) is 2. The first-order valence-corrected chi connectivity index (χ1v) is 4.69. The normalized spacial score (nSPS) is 42.7. The van der Waals surface area contributed by atoms with Crippen molar-refractivity contribution >= 4 is 0 Å². The molecule has 1 rings (SSSR count). The molecule has 1 fully saturated rings. The standard InChI is InChI=1S/C10H20N2/c1-6(2)8-4-9(11)7(3)10(12)5-8/h7-10H,1,4-5,11-12H2,2-3H3. The van der Waals surface area contributed by atoms with Gasteiger partial charge in [-0.2, -0.15) is 0 Å². The molecule has 1 saturated carbocycles. The molecule has 12 heavy (non-hydrogen) atoms. The van der Waals surface area contributed by atoms with Crippen molar-refractivity contribution < 1.29 is 0 Å². The lowest BCUT2D eigenvalue weighted by atomic mass is 9.74. The van der Waals surface area contributed by atoms with Crippen molar-refractivity contribution in [1.29, 1.82) is 0 Å². The predicted molar refractivity (Wildman–Crippen MR) is 52.7 cm³/mol. The molecule has 0 aliphatic heterocycles. The molecular formula is C10H20N2. The fraction of sp³-hybridized carbons (Fsp3) is 0.800. The Morgan fingerprint density at radius 1 is 1.25 bits per heavy atom. The molecule has 0 spiro atoms. The van der Waals surface area contributed by atoms with E-state index in [9.17, 15) is 0 Å². The molecule has 70 valence electrons. The van der Waals surface area contributed by atoms with E-state index in [1.807, 2.05) is 0 Å². The fourth-order valence-corrected chi connectivity index (χ4v) is 1.90. The van der Waals surface area contributed by atoms with Gasteiger partial charge in [0, 0.05) is 12.1 Å². The van der Waals surface area contributed by atoms with E-state index >= 15 is 0 Å². The molecule has 1 aliphatic carbocycles. The van der Waals surface area contributed by atoms with Gasteiger partial charge < -0.3 is 11.5 Å². The van der Waals surface area contributed by atoms with E-state index in [0.29, 0.717) is 11.8 Å². The topological polar surface area (TPSA) is 52.0 Å². The van der Waals surface area contributed by atoms with Crippen LogP contribution in [0.5, 0.6) is 0 Å². The number of hydrogen-bond donors (Lipinski definition) is 2. The maximum absolute atomic E-state index is 5.98. The Balaban J connectivity index is 2.59. The van der Waals surface area contributed by atoms with E-state index in [2.05, 4.69) is 20.4 Å². The van der Waals surface area contributed by atoms with Gasteiger partial charge in [-0.05, 0) is 31.6 Å². The van der Waals surface area contributed by atoms with Crippen molar-refractivity contribution in [1.82, 2.24) is 0 Å². The largest absolute Gasteiger partial charge is 0.327 e. The van der Waals surface area contributed by atoms with Gasteiger partial charge >= 0.3 is 0 Å². The quantitative estimate of drug-likeness (QED) is 0.579. The summed E-state index contributed by atoms with van der Waals surface area (Å²) in [6.07, 6.45) is 2.12. The summed E-state index contributed by atoms with van der Waals surface area (Å²) in [5.41, 5.74) is 13.2. The Bertz CT molecular complexity index is 165. The van der Waals surface area contributed by atoms with E-state index in [4.69, 9.17) is 11.5 Å². The second kappa shape index (κ2) is 3.58. The van der Waals surface area contributed by atoms with Gasteiger partial charge in [0.25, 0.3) is 0 Å². The van der Waals surface area contributed by atoms with Gasteiger partial charge in [0.1, 0.15) is 0 Å². The van der Waals surface area contributed by atoms with Gasteiger partial charge in [0.15, 0.2) is 0 Å². The van der Waals surface area contributed by atoms with Gasteiger partial charge in [-0.1, -0.05) is 19.1 Å². The molecule has 0 aromatic rings. The molecule has 2 heteroatoms. The predicted octanol–water partition coefficient (Wildman–Crippen LogP) is 1.26. The second-order valence-corrected chi connectivity index (χ2v) is 4.20. The highest BCUT2D eigenvalue weighted by molar-refractivity contribution is 5.03. The van der Waals surface area contributed by atoms with Gasteiger partial charge in [-0.3, -0.25) is 0 Å². The van der Waals surface area contributed by atoms with Crippen LogP contribution in [0.25, 0.3) is 0 Å². The Hall–Kier alpha value is -0.340. The lowest BCUT2D eigenvalue weighted by molar-refractivity contribution is 0.240. The Labute approximate surface area is 75.0 Å². The zero-order valence-electron chi connectivity index (χ0n) is 8.09. The van der Waals surface area contributed by atoms with E-state index in [-0.39, 0.29) is 12.1 Å². The Morgan fingerprint density at radius 2 is 1.67 bits per heavy atom. The molecule has 0 saturated heterocycles. The van der Waals surface area contributed by atoms with Crippen LogP contribution in [0.1, 0.15) is 26.7 Å². The SMILES string of the molecule is C=C(C)C1CC(N)C(C)C(N)C1. The van der Waals surface area contributed by atoms with Crippen LogP contribution in [-0.2, 0) is 0 Å². The maximum Gasteiger partial charge on any atom is 0.00850 e. The summed E-state index contributed by atoms with van der Waals surface area (Å²) in [4.78, 5) is 0. The van der Waals surface area contributed by atoms with Crippen LogP contribution >= 0.6 is 0 Å². The Morgan fingerprint density at radius 3 is 2.00 bits per heavy atom. The monoisotopic (exact) mass is 168 g/mol. The third kappa shape index (κ3) is 1.87. The van der Waals surface area contributed by atoms with Gasteiger partial charge in [0.05, 0.1) is 0 Å². The Kier molecular flexibility index (Phi) is 2.91. The van der Waals surface area contributed by atoms with Gasteiger partial charge in [-0.25, -0.2) is 0 Å². The van der Waals surface area contributed by atoms with Crippen molar-refractivity contribution in [3.8, 4) is 0 Å². The first kappa shape index (κ1) is 9.75. The molecule has 2 unspecified atom stereocenters. The summed E-state index contributed by atoms with van der Waals surface area (Å²) in [6, 6.07) is 0.519. The van der Waals surface area contributed by atoms with Crippen molar-refractivity contribution in [2.24, 2.45) is 23.3 Å². The average Bonchev–Trinajstić information content (AvgIpc) is 1.99. The molecule has 0 aromatic heterocycles. The zero-order valence-corrected chi connectivity index (χ0v) is 8.09. The summed E-state index contributed by atoms with van der Waals surface area (Å²) in [6.45, 7) is 8.17. The van der Waals surface area contributed by atoms with E-state index in [0.717, 1.165) is 12.8 Å². The van der Waals surface area contributed by atoms with Crippen molar-refractivity contribution in [2.75, 3.05) is 0 Å². The van der Waals surface area contributed by atoms with Crippen LogP contribution in [0.3, 0.4) is 0 Å². The summed E-state index contributed by atoms with van der Waals surface area (Å²) in [5.74, 6) is 1.01. The van der Waals surface area contributed by atoms with Crippen molar-refractivity contribution in [3.05, 3.63) is 12.2 Å². The van der Waals surface area contributed by atoms with Crippen molar-refractivity contribution in [3.63, 3.8) is 0 Å². The van der Waals surface area contributed by atoms with Crippen LogP contribution in [-0.4, -0.2) is 12.1 Å². The maximum atomic E-state index is 5.98. The average molecular weight is 168 g/mol. The molecule has 0 aromatic carbocycles. The smallest absolute Gasteiger partial charge is 0.00850 e. The highest BCUT2D eigenvalue weighted by Crippen LogP contribution is 2.30. The third-order valence-electron chi connectivity index (χ3n) is 3.16. The number of hydrogen-bond acceptors (Lipinski definition) is 2. The number of rotatable bonds is 1. The van der Waals surface area contributed by atoms with Crippen LogP contribution in [0.4, 0.5) is 0 Å². The molecule has 1 aliphatic rings. The molecule has 0 radical (unpaired) electrons. The molecule has 2 atom stereocenters. The van der Waals surface area contributed by atoms with E-state index in [1.54, 1.807) is 0 Å². The lowest BCUT2D eigenvalue weighted by Crippen LogP contribution is -2.47. The van der Waals surface area contributed by atoms with Crippen LogP contribution in [0.2, 0.25) is 0 Å². The molecule has 0 amide bonds. The van der Waals surface area contributed by atoms with E-state index in [1.165, 1.54) is 5.57 Å². The van der Waals surface area contributed by atoms with Crippen LogP contribution in [0, 0.1) is 11.8 Å². The summed E-state index contributed by atoms with van der Waals surface area (Å²) in [7, 11) is 0. The second-order valence-electron chi connectivity index (χ2n) is 4.20. The first-order valence-electron chi connectivity index (χ1n) is 4.69. The van der Waals surface area contributed by atoms with Gasteiger partial charge in [0.2, 0.25) is 0 Å². The molecule has 0 bridgehead atoms. The minimum atomic E-state index is 0.260. The minimum absolute atomic E-state index is 0.260. The van der Waals surface area contributed by atoms with Crippen LogP contribution < -0.4 is 11.5 Å². The van der Waals surface area contributed by atoms with Crippen LogP contribution in [0.15, 0.2) is 12.2 Å². The fourth-order valence-electron chi connectivity index (χ4n) is 1.90. The van der Waals surface area contributed by atoms with Gasteiger partial charge in [-0.15, -0.1) is 0 Å². The number of allylic oxidation sites excluding steroid dienone is 1.